The Morgan fingerprint density at radius 3 is 2.66 bits per heavy atom. The van der Waals surface area contributed by atoms with Crippen molar-refractivity contribution in [2.75, 3.05) is 12.3 Å². The zero-order chi connectivity index (χ0) is 27.7. The van der Waals surface area contributed by atoms with Crippen LogP contribution in [0.3, 0.4) is 0 Å². The lowest BCUT2D eigenvalue weighted by Gasteiger charge is -2.27. The Hall–Kier alpha value is -3.13. The molecule has 3 heterocycles. The summed E-state index contributed by atoms with van der Waals surface area (Å²) in [5.74, 6) is -0.302. The number of ether oxygens (including phenoxy) is 2. The summed E-state index contributed by atoms with van der Waals surface area (Å²) in [5.41, 5.74) is 4.61. The molecule has 1 fully saturated rings. The van der Waals surface area contributed by atoms with Crippen molar-refractivity contribution in [2.24, 2.45) is 0 Å². The molecule has 4 rings (SSSR count). The molecule has 206 valence electrons. The average molecular weight is 551 g/mol. The van der Waals surface area contributed by atoms with Crippen LogP contribution >= 0.6 is 7.75 Å². The summed E-state index contributed by atoms with van der Waals surface area (Å²) in [6.07, 6.45) is -1.56. The van der Waals surface area contributed by atoms with Crippen LogP contribution in [0.2, 0.25) is 0 Å². The summed E-state index contributed by atoms with van der Waals surface area (Å²) in [4.78, 5) is 24.6. The summed E-state index contributed by atoms with van der Waals surface area (Å²) in [6, 6.07) is 7.17. The first-order valence-corrected chi connectivity index (χ1v) is 13.4. The monoisotopic (exact) mass is 550 g/mol. The van der Waals surface area contributed by atoms with Crippen LogP contribution in [-0.4, -0.2) is 72.3 Å². The Kier molecular flexibility index (Phi) is 8.02. The summed E-state index contributed by atoms with van der Waals surface area (Å²) in [5, 5.41) is 24.6. The number of hydrogen-bond donors (Lipinski definition) is 4. The lowest BCUT2D eigenvalue weighted by molar-refractivity contribution is -0.149. The molecule has 0 aliphatic carbocycles. The third-order valence-corrected chi connectivity index (χ3v) is 7.47. The number of fused-ring (bicyclic) bond motifs is 1. The summed E-state index contributed by atoms with van der Waals surface area (Å²) in [6.45, 7) is 5.73. The van der Waals surface area contributed by atoms with Crippen molar-refractivity contribution in [3.8, 4) is 5.75 Å². The van der Waals surface area contributed by atoms with E-state index in [1.807, 2.05) is 0 Å². The number of hydrogen-bond acceptors (Lipinski definition) is 12. The number of carbonyl (C=O) groups is 1. The second-order valence-electron chi connectivity index (χ2n) is 9.31. The predicted octanol–water partition coefficient (Wildman–Crippen LogP) is 1.55. The van der Waals surface area contributed by atoms with Gasteiger partial charge in [-0.25, -0.2) is 19.5 Å². The Morgan fingerprint density at radius 1 is 1.26 bits per heavy atom. The van der Waals surface area contributed by atoms with Crippen molar-refractivity contribution in [3.63, 3.8) is 0 Å². The van der Waals surface area contributed by atoms with Crippen LogP contribution in [0.25, 0.3) is 11.2 Å². The van der Waals surface area contributed by atoms with Crippen LogP contribution in [0.15, 0.2) is 43.0 Å². The number of nitrogens with one attached hydrogen (secondary N) is 1. The Morgan fingerprint density at radius 2 is 1.97 bits per heavy atom. The number of rotatable bonds is 10. The van der Waals surface area contributed by atoms with Crippen LogP contribution in [0.5, 0.6) is 5.75 Å². The Bertz CT molecular complexity index is 1320. The van der Waals surface area contributed by atoms with E-state index in [2.05, 4.69) is 20.0 Å². The number of nitrogen functional groups attached to an aromatic ring is 1. The molecule has 6 atom stereocenters. The number of aromatic nitrogens is 4. The minimum atomic E-state index is -4.22. The van der Waals surface area contributed by atoms with Gasteiger partial charge in [0.1, 0.15) is 41.4 Å². The molecule has 3 aromatic rings. The predicted molar refractivity (Wildman–Crippen MR) is 135 cm³/mol. The van der Waals surface area contributed by atoms with Gasteiger partial charge < -0.3 is 29.9 Å². The molecule has 1 aliphatic rings. The van der Waals surface area contributed by atoms with Gasteiger partial charge in [0, 0.05) is 0 Å². The highest BCUT2D eigenvalue weighted by atomic mass is 31.2. The number of aliphatic hydroxyl groups excluding tert-OH is 1. The highest BCUT2D eigenvalue weighted by Gasteiger charge is 2.54. The first-order valence-electron chi connectivity index (χ1n) is 11.9. The maximum atomic E-state index is 13.7. The number of carbonyl (C=O) groups excluding carboxylic acids is 1. The number of anilines is 1. The normalized spacial score (nSPS) is 25.8. The molecular formula is C23H31N6O8P. The fourth-order valence-corrected chi connectivity index (χ4v) is 5.43. The van der Waals surface area contributed by atoms with Crippen LogP contribution in [0.1, 0.15) is 33.9 Å². The minimum Gasteiger partial charge on any atom is -0.462 e. The second kappa shape index (κ2) is 10.9. The third kappa shape index (κ3) is 5.80. The molecule has 0 amide bonds. The van der Waals surface area contributed by atoms with Gasteiger partial charge in [-0.15, -0.1) is 0 Å². The van der Waals surface area contributed by atoms with Crippen molar-refractivity contribution in [2.45, 2.75) is 63.9 Å². The fraction of sp³-hybridized carbons (Fsp3) is 0.478. The van der Waals surface area contributed by atoms with Gasteiger partial charge in [-0.1, -0.05) is 18.2 Å². The summed E-state index contributed by atoms with van der Waals surface area (Å²) in [7, 11) is -4.22. The molecule has 38 heavy (non-hydrogen) atoms. The quantitative estimate of drug-likeness (QED) is 0.210. The first-order chi connectivity index (χ1) is 17.9. The van der Waals surface area contributed by atoms with E-state index in [1.165, 1.54) is 31.1 Å². The van der Waals surface area contributed by atoms with Crippen molar-refractivity contribution in [1.29, 1.82) is 0 Å². The van der Waals surface area contributed by atoms with Crippen LogP contribution in [0, 0.1) is 0 Å². The van der Waals surface area contributed by atoms with Crippen LogP contribution in [-0.2, 0) is 23.4 Å². The Labute approximate surface area is 218 Å². The van der Waals surface area contributed by atoms with Gasteiger partial charge >= 0.3 is 13.7 Å². The molecule has 0 bridgehead atoms. The number of aliphatic hydroxyl groups is 2. The number of imidazole rings is 1. The largest absolute Gasteiger partial charge is 0.462 e. The maximum Gasteiger partial charge on any atom is 0.459 e. The molecular weight excluding hydrogens is 519 g/mol. The SMILES string of the molecule is CC(C)OC(=O)[C@H](C)NP(=O)(OCC1O[C@@H](n2cnc3c(N)ncnc32)C(C)(O)[C@H]1O)Oc1ccccc1. The van der Waals surface area contributed by atoms with E-state index in [0.717, 1.165) is 0 Å². The van der Waals surface area contributed by atoms with E-state index in [1.54, 1.807) is 44.2 Å². The molecule has 15 heteroatoms. The fourth-order valence-electron chi connectivity index (χ4n) is 3.93. The number of nitrogens with zero attached hydrogens (tertiary/aromatic N) is 4. The van der Waals surface area contributed by atoms with Crippen molar-refractivity contribution < 1.29 is 38.1 Å². The van der Waals surface area contributed by atoms with Crippen molar-refractivity contribution in [1.82, 2.24) is 24.6 Å². The maximum absolute atomic E-state index is 13.7. The van der Waals surface area contributed by atoms with Gasteiger partial charge in [-0.3, -0.25) is 13.9 Å². The van der Waals surface area contributed by atoms with Gasteiger partial charge in [0.2, 0.25) is 0 Å². The second-order valence-corrected chi connectivity index (χ2v) is 11.0. The molecule has 0 spiro atoms. The van der Waals surface area contributed by atoms with Crippen molar-refractivity contribution >= 4 is 30.7 Å². The molecule has 0 saturated carbocycles. The smallest absolute Gasteiger partial charge is 0.459 e. The van der Waals surface area contributed by atoms with E-state index in [-0.39, 0.29) is 23.3 Å². The van der Waals surface area contributed by atoms with Gasteiger partial charge in [0.05, 0.1) is 19.0 Å². The first kappa shape index (κ1) is 27.9. The van der Waals surface area contributed by atoms with Gasteiger partial charge in [0.25, 0.3) is 0 Å². The zero-order valence-electron chi connectivity index (χ0n) is 21.3. The Balaban J connectivity index is 1.54. The third-order valence-electron chi connectivity index (χ3n) is 5.83. The molecule has 2 aromatic heterocycles. The lowest BCUT2D eigenvalue weighted by Crippen LogP contribution is -2.44. The highest BCUT2D eigenvalue weighted by molar-refractivity contribution is 7.52. The molecule has 1 aromatic carbocycles. The summed E-state index contributed by atoms with van der Waals surface area (Å²) < 4.78 is 37.5. The molecule has 14 nitrogen and oxygen atoms in total. The van der Waals surface area contributed by atoms with Crippen molar-refractivity contribution in [3.05, 3.63) is 43.0 Å². The van der Waals surface area contributed by atoms with Gasteiger partial charge in [-0.05, 0) is 39.8 Å². The highest BCUT2D eigenvalue weighted by Crippen LogP contribution is 2.47. The van der Waals surface area contributed by atoms with Gasteiger partial charge in [0.15, 0.2) is 17.7 Å². The molecule has 5 N–H and O–H groups in total. The van der Waals surface area contributed by atoms with Crippen LogP contribution in [0.4, 0.5) is 5.82 Å². The molecule has 0 radical (unpaired) electrons. The number of esters is 1. The van der Waals surface area contributed by atoms with E-state index in [9.17, 15) is 19.6 Å². The molecule has 1 saturated heterocycles. The van der Waals surface area contributed by atoms with Crippen LogP contribution < -0.4 is 15.3 Å². The van der Waals surface area contributed by atoms with E-state index >= 15 is 0 Å². The average Bonchev–Trinajstić information content (AvgIpc) is 3.37. The molecule has 3 unspecified atom stereocenters. The topological polar surface area (TPSA) is 193 Å². The van der Waals surface area contributed by atoms with Gasteiger partial charge in [-0.2, -0.15) is 5.09 Å². The standard InChI is InChI=1S/C23H31N6O8P/c1-13(2)35-21(31)14(3)28-38(33,37-15-8-6-5-7-9-15)34-10-16-18(30)23(4,32)22(36-16)29-12-27-17-19(24)25-11-26-20(17)29/h5-9,11-14,16,18,22,30,32H,10H2,1-4H3,(H,28,33)(H2,24,25,26)/t14-,16?,18-,22+,23?,38?/m0/s1. The van der Waals surface area contributed by atoms with E-state index < -0.39 is 50.4 Å². The van der Waals surface area contributed by atoms with E-state index in [0.29, 0.717) is 5.52 Å². The number of nitrogens with two attached hydrogens (primary N) is 1. The van der Waals surface area contributed by atoms with E-state index in [4.69, 9.17) is 24.3 Å². The minimum absolute atomic E-state index is 0.141. The number of benzene rings is 1. The summed E-state index contributed by atoms with van der Waals surface area (Å²) >= 11 is 0. The number of para-hydroxylation sites is 1. The lowest BCUT2D eigenvalue weighted by atomic mass is 9.96. The zero-order valence-corrected chi connectivity index (χ0v) is 22.2. The molecule has 1 aliphatic heterocycles.